The zero-order chi connectivity index (χ0) is 18.7. The number of carbonyl (C=O) groups excluding carboxylic acids is 1. The second kappa shape index (κ2) is 10.5. The summed E-state index contributed by atoms with van der Waals surface area (Å²) in [5.41, 5.74) is 0.993. The molecule has 1 aliphatic rings. The van der Waals surface area contributed by atoms with Crippen LogP contribution in [0.15, 0.2) is 54.6 Å². The lowest BCUT2D eigenvalue weighted by molar-refractivity contribution is -0.123. The zero-order valence-electron chi connectivity index (χ0n) is 15.4. The average molecular weight is 370 g/mol. The van der Waals surface area contributed by atoms with Gasteiger partial charge in [0.05, 0.1) is 13.2 Å². The van der Waals surface area contributed by atoms with Crippen LogP contribution in [-0.4, -0.2) is 56.9 Å². The van der Waals surface area contributed by atoms with Crippen molar-refractivity contribution in [3.05, 3.63) is 60.2 Å². The first-order valence-corrected chi connectivity index (χ1v) is 9.26. The quantitative estimate of drug-likeness (QED) is 0.732. The third kappa shape index (κ3) is 6.92. The maximum absolute atomic E-state index is 11.9. The van der Waals surface area contributed by atoms with Gasteiger partial charge in [-0.3, -0.25) is 9.69 Å². The molecule has 0 aromatic heterocycles. The lowest BCUT2D eigenvalue weighted by atomic mass is 10.2. The molecule has 0 aliphatic carbocycles. The number of hydrogen-bond donors (Lipinski definition) is 1. The van der Waals surface area contributed by atoms with Crippen LogP contribution in [-0.2, 0) is 16.1 Å². The Bertz CT molecular complexity index is 702. The number of nitrogens with one attached hydrogen (secondary N) is 1. The highest BCUT2D eigenvalue weighted by atomic mass is 16.5. The van der Waals surface area contributed by atoms with Crippen LogP contribution in [0.4, 0.5) is 0 Å². The highest BCUT2D eigenvalue weighted by Crippen LogP contribution is 2.13. The number of nitrogens with zero attached hydrogens (tertiary/aromatic N) is 1. The van der Waals surface area contributed by atoms with Crippen molar-refractivity contribution in [3.63, 3.8) is 0 Å². The van der Waals surface area contributed by atoms with Crippen LogP contribution in [0.5, 0.6) is 11.5 Å². The Hall–Kier alpha value is -2.57. The molecule has 1 aliphatic heterocycles. The van der Waals surface area contributed by atoms with Crippen LogP contribution in [0.3, 0.4) is 0 Å². The van der Waals surface area contributed by atoms with Gasteiger partial charge < -0.3 is 19.5 Å². The fourth-order valence-corrected chi connectivity index (χ4v) is 2.78. The van der Waals surface area contributed by atoms with E-state index in [4.69, 9.17) is 14.2 Å². The van der Waals surface area contributed by atoms with Crippen LogP contribution in [0.2, 0.25) is 0 Å². The maximum Gasteiger partial charge on any atom is 0.258 e. The van der Waals surface area contributed by atoms with Gasteiger partial charge in [-0.2, -0.15) is 0 Å². The van der Waals surface area contributed by atoms with E-state index in [1.165, 1.54) is 0 Å². The summed E-state index contributed by atoms with van der Waals surface area (Å²) in [6.07, 6.45) is 0. The first kappa shape index (κ1) is 19.2. The molecule has 1 amide bonds. The number of amides is 1. The number of para-hydroxylation sites is 1. The summed E-state index contributed by atoms with van der Waals surface area (Å²) >= 11 is 0. The van der Waals surface area contributed by atoms with Crippen molar-refractivity contribution < 1.29 is 19.0 Å². The molecule has 1 saturated heterocycles. The lowest BCUT2D eigenvalue weighted by Crippen LogP contribution is -2.38. The minimum Gasteiger partial charge on any atom is -0.492 e. The predicted octanol–water partition coefficient (Wildman–Crippen LogP) is 2.09. The van der Waals surface area contributed by atoms with E-state index >= 15 is 0 Å². The fourth-order valence-electron chi connectivity index (χ4n) is 2.78. The van der Waals surface area contributed by atoms with Crippen molar-refractivity contribution in [2.45, 2.75) is 6.54 Å². The molecule has 0 unspecified atom stereocenters. The van der Waals surface area contributed by atoms with E-state index in [1.54, 1.807) is 0 Å². The third-order valence-corrected chi connectivity index (χ3v) is 4.28. The summed E-state index contributed by atoms with van der Waals surface area (Å²) in [6, 6.07) is 17.1. The predicted molar refractivity (Wildman–Crippen MR) is 103 cm³/mol. The Kier molecular flexibility index (Phi) is 7.50. The number of benzene rings is 2. The molecule has 0 radical (unpaired) electrons. The van der Waals surface area contributed by atoms with Gasteiger partial charge in [-0.1, -0.05) is 30.3 Å². The molecule has 1 N–H and O–H groups in total. The van der Waals surface area contributed by atoms with Crippen molar-refractivity contribution in [1.82, 2.24) is 10.2 Å². The van der Waals surface area contributed by atoms with Gasteiger partial charge in [0.25, 0.3) is 5.91 Å². The summed E-state index contributed by atoms with van der Waals surface area (Å²) < 4.78 is 16.6. The van der Waals surface area contributed by atoms with Crippen molar-refractivity contribution in [1.29, 1.82) is 0 Å². The highest BCUT2D eigenvalue weighted by Gasteiger charge is 2.10. The molecule has 3 rings (SSSR count). The first-order valence-electron chi connectivity index (χ1n) is 9.26. The van der Waals surface area contributed by atoms with Gasteiger partial charge in [0.1, 0.15) is 18.1 Å². The van der Waals surface area contributed by atoms with E-state index in [0.29, 0.717) is 18.9 Å². The second-order valence-corrected chi connectivity index (χ2v) is 6.33. The standard InChI is InChI=1S/C21H26N2O4/c24-21(17-27-19-6-2-1-3-7-19)22-16-18-5-4-8-20(15-18)26-14-11-23-9-12-25-13-10-23/h1-8,15H,9-14,16-17H2,(H,22,24). The molecule has 6 nitrogen and oxygen atoms in total. The molecule has 0 spiro atoms. The largest absolute Gasteiger partial charge is 0.492 e. The monoisotopic (exact) mass is 370 g/mol. The number of morpholine rings is 1. The molecule has 27 heavy (non-hydrogen) atoms. The van der Waals surface area contributed by atoms with Crippen molar-refractivity contribution >= 4 is 5.91 Å². The molecule has 0 saturated carbocycles. The summed E-state index contributed by atoms with van der Waals surface area (Å²) in [7, 11) is 0. The van der Waals surface area contributed by atoms with Crippen LogP contribution >= 0.6 is 0 Å². The van der Waals surface area contributed by atoms with Gasteiger partial charge in [-0.25, -0.2) is 0 Å². The molecule has 2 aromatic rings. The zero-order valence-corrected chi connectivity index (χ0v) is 15.4. The SMILES string of the molecule is O=C(COc1ccccc1)NCc1cccc(OCCN2CCOCC2)c1. The van der Waals surface area contributed by atoms with Crippen LogP contribution < -0.4 is 14.8 Å². The normalized spacial score (nSPS) is 14.5. The Balaban J connectivity index is 1.37. The Morgan fingerprint density at radius 1 is 1.00 bits per heavy atom. The third-order valence-electron chi connectivity index (χ3n) is 4.28. The van der Waals surface area contributed by atoms with Crippen molar-refractivity contribution in [3.8, 4) is 11.5 Å². The topological polar surface area (TPSA) is 60.0 Å². The molecule has 1 heterocycles. The Morgan fingerprint density at radius 3 is 2.59 bits per heavy atom. The van der Waals surface area contributed by atoms with E-state index in [0.717, 1.165) is 44.2 Å². The van der Waals surface area contributed by atoms with Crippen LogP contribution in [0, 0.1) is 0 Å². The molecule has 0 bridgehead atoms. The molecule has 1 fully saturated rings. The van der Waals surface area contributed by atoms with E-state index in [9.17, 15) is 4.79 Å². The fraction of sp³-hybridized carbons (Fsp3) is 0.381. The summed E-state index contributed by atoms with van der Waals surface area (Å²) in [6.45, 7) is 5.48. The smallest absolute Gasteiger partial charge is 0.258 e. The van der Waals surface area contributed by atoms with E-state index in [2.05, 4.69) is 10.2 Å². The summed E-state index contributed by atoms with van der Waals surface area (Å²) in [5.74, 6) is 1.34. The van der Waals surface area contributed by atoms with E-state index in [-0.39, 0.29) is 12.5 Å². The molecule has 0 atom stereocenters. The first-order chi connectivity index (χ1) is 13.3. The van der Waals surface area contributed by atoms with Gasteiger partial charge >= 0.3 is 0 Å². The molecule has 2 aromatic carbocycles. The van der Waals surface area contributed by atoms with Crippen LogP contribution in [0.25, 0.3) is 0 Å². The van der Waals surface area contributed by atoms with Gasteiger partial charge in [0, 0.05) is 26.2 Å². The average Bonchev–Trinajstić information content (AvgIpc) is 2.73. The molecule has 144 valence electrons. The van der Waals surface area contributed by atoms with Gasteiger partial charge in [0.2, 0.25) is 0 Å². The molecular weight excluding hydrogens is 344 g/mol. The molecule has 6 heteroatoms. The van der Waals surface area contributed by atoms with E-state index < -0.39 is 0 Å². The highest BCUT2D eigenvalue weighted by molar-refractivity contribution is 5.77. The van der Waals surface area contributed by atoms with Gasteiger partial charge in [0.15, 0.2) is 6.61 Å². The lowest BCUT2D eigenvalue weighted by Gasteiger charge is -2.26. The number of hydrogen-bond acceptors (Lipinski definition) is 5. The van der Waals surface area contributed by atoms with Crippen molar-refractivity contribution in [2.24, 2.45) is 0 Å². The Labute approximate surface area is 160 Å². The minimum absolute atomic E-state index is 0.000245. The number of ether oxygens (including phenoxy) is 3. The second-order valence-electron chi connectivity index (χ2n) is 6.33. The summed E-state index contributed by atoms with van der Waals surface area (Å²) in [5, 5.41) is 2.86. The van der Waals surface area contributed by atoms with E-state index in [1.807, 2.05) is 54.6 Å². The number of carbonyl (C=O) groups is 1. The minimum atomic E-state index is -0.155. The Morgan fingerprint density at radius 2 is 1.78 bits per heavy atom. The van der Waals surface area contributed by atoms with Crippen molar-refractivity contribution in [2.75, 3.05) is 46.1 Å². The van der Waals surface area contributed by atoms with Gasteiger partial charge in [-0.15, -0.1) is 0 Å². The van der Waals surface area contributed by atoms with Gasteiger partial charge in [-0.05, 0) is 29.8 Å². The van der Waals surface area contributed by atoms with Crippen LogP contribution in [0.1, 0.15) is 5.56 Å². The molecular formula is C21H26N2O4. The maximum atomic E-state index is 11.9. The summed E-state index contributed by atoms with van der Waals surface area (Å²) in [4.78, 5) is 14.3. The number of rotatable bonds is 9.